The predicted molar refractivity (Wildman–Crippen MR) is 94.4 cm³/mol. The van der Waals surface area contributed by atoms with Crippen LogP contribution in [0.2, 0.25) is 0 Å². The molecule has 0 radical (unpaired) electrons. The van der Waals surface area contributed by atoms with Gasteiger partial charge in [0.2, 0.25) is 0 Å². The Hall–Kier alpha value is -0.920. The van der Waals surface area contributed by atoms with E-state index in [0.29, 0.717) is 18.5 Å². The predicted octanol–water partition coefficient (Wildman–Crippen LogP) is 3.43. The monoisotopic (exact) mass is 411 g/mol. The third kappa shape index (κ3) is 6.58. The van der Waals surface area contributed by atoms with Crippen molar-refractivity contribution in [2.75, 3.05) is 27.2 Å². The smallest absolute Gasteiger partial charge is 0.193 e. The van der Waals surface area contributed by atoms with Crippen LogP contribution in [0.3, 0.4) is 0 Å². The van der Waals surface area contributed by atoms with E-state index in [9.17, 15) is 8.78 Å². The number of hydrogen-bond donors (Lipinski definition) is 1. The van der Waals surface area contributed by atoms with Gasteiger partial charge >= 0.3 is 0 Å². The Labute approximate surface area is 142 Å². The minimum absolute atomic E-state index is 0. The molecule has 0 aliphatic rings. The van der Waals surface area contributed by atoms with Gasteiger partial charge in [-0.25, -0.2) is 8.78 Å². The van der Waals surface area contributed by atoms with E-state index in [-0.39, 0.29) is 24.0 Å². The Bertz CT molecular complexity index is 453. The first-order valence-electron chi connectivity index (χ1n) is 6.94. The first-order chi connectivity index (χ1) is 9.60. The normalized spacial score (nSPS) is 11.0. The van der Waals surface area contributed by atoms with Crippen LogP contribution in [-0.2, 0) is 6.42 Å². The first kappa shape index (κ1) is 20.1. The van der Waals surface area contributed by atoms with Crippen molar-refractivity contribution >= 4 is 29.9 Å². The van der Waals surface area contributed by atoms with Gasteiger partial charge in [-0.15, -0.1) is 24.0 Å². The maximum Gasteiger partial charge on any atom is 0.193 e. The van der Waals surface area contributed by atoms with Crippen LogP contribution in [0.15, 0.2) is 23.2 Å². The molecule has 0 saturated carbocycles. The second-order valence-corrected chi connectivity index (χ2v) is 4.71. The van der Waals surface area contributed by atoms with Crippen LogP contribution >= 0.6 is 24.0 Å². The molecular weight excluding hydrogens is 387 g/mol. The molecule has 1 N–H and O–H groups in total. The Kier molecular flexibility index (Phi) is 10.3. The summed E-state index contributed by atoms with van der Waals surface area (Å²) in [5.74, 6) is -0.786. The summed E-state index contributed by atoms with van der Waals surface area (Å²) >= 11 is 0. The molecular formula is C15H24F2IN3. The summed E-state index contributed by atoms with van der Waals surface area (Å²) in [6.07, 6.45) is 2.63. The maximum absolute atomic E-state index is 13.5. The lowest BCUT2D eigenvalue weighted by atomic mass is 10.1. The van der Waals surface area contributed by atoms with Gasteiger partial charge in [0.1, 0.15) is 0 Å². The van der Waals surface area contributed by atoms with Gasteiger partial charge in [-0.3, -0.25) is 4.99 Å². The van der Waals surface area contributed by atoms with Crippen molar-refractivity contribution in [2.24, 2.45) is 4.99 Å². The number of nitrogens with one attached hydrogen (secondary N) is 1. The van der Waals surface area contributed by atoms with Gasteiger partial charge in [-0.2, -0.15) is 0 Å². The number of unbranched alkanes of at least 4 members (excludes halogenated alkanes) is 1. The second kappa shape index (κ2) is 10.8. The molecule has 1 aromatic carbocycles. The van der Waals surface area contributed by atoms with E-state index in [2.05, 4.69) is 17.2 Å². The highest BCUT2D eigenvalue weighted by molar-refractivity contribution is 14.0. The SMILES string of the molecule is CCCCN(C)C(=NC)NCCc1cccc(F)c1F.I. The average Bonchev–Trinajstić information content (AvgIpc) is 2.45. The molecule has 21 heavy (non-hydrogen) atoms. The summed E-state index contributed by atoms with van der Waals surface area (Å²) < 4.78 is 26.6. The lowest BCUT2D eigenvalue weighted by molar-refractivity contribution is 0.464. The van der Waals surface area contributed by atoms with E-state index in [0.717, 1.165) is 31.4 Å². The van der Waals surface area contributed by atoms with E-state index in [1.165, 1.54) is 6.07 Å². The molecule has 0 fully saturated rings. The highest BCUT2D eigenvalue weighted by atomic mass is 127. The average molecular weight is 411 g/mol. The third-order valence-corrected chi connectivity index (χ3v) is 3.13. The van der Waals surface area contributed by atoms with Crippen LogP contribution in [0.1, 0.15) is 25.3 Å². The molecule has 0 saturated heterocycles. The van der Waals surface area contributed by atoms with Crippen LogP contribution in [0.4, 0.5) is 8.78 Å². The Balaban J connectivity index is 0.00000400. The quantitative estimate of drug-likeness (QED) is 0.441. The van der Waals surface area contributed by atoms with Gasteiger partial charge in [0.15, 0.2) is 17.6 Å². The van der Waals surface area contributed by atoms with Crippen molar-refractivity contribution in [3.05, 3.63) is 35.4 Å². The van der Waals surface area contributed by atoms with Crippen molar-refractivity contribution < 1.29 is 8.78 Å². The fourth-order valence-corrected chi connectivity index (χ4v) is 1.94. The van der Waals surface area contributed by atoms with Crippen molar-refractivity contribution in [3.63, 3.8) is 0 Å². The number of guanidine groups is 1. The fraction of sp³-hybridized carbons (Fsp3) is 0.533. The molecule has 0 aromatic heterocycles. The Morgan fingerprint density at radius 2 is 2.05 bits per heavy atom. The molecule has 120 valence electrons. The van der Waals surface area contributed by atoms with Gasteiger partial charge in [-0.05, 0) is 24.5 Å². The second-order valence-electron chi connectivity index (χ2n) is 4.71. The Morgan fingerprint density at radius 3 is 2.67 bits per heavy atom. The van der Waals surface area contributed by atoms with E-state index in [4.69, 9.17) is 0 Å². The maximum atomic E-state index is 13.5. The number of benzene rings is 1. The number of rotatable bonds is 6. The van der Waals surface area contributed by atoms with Crippen LogP contribution in [-0.4, -0.2) is 38.0 Å². The fourth-order valence-electron chi connectivity index (χ4n) is 1.94. The lowest BCUT2D eigenvalue weighted by Gasteiger charge is -2.21. The molecule has 0 bridgehead atoms. The van der Waals surface area contributed by atoms with Crippen LogP contribution < -0.4 is 5.32 Å². The van der Waals surface area contributed by atoms with Crippen molar-refractivity contribution in [1.82, 2.24) is 10.2 Å². The zero-order chi connectivity index (χ0) is 15.0. The third-order valence-electron chi connectivity index (χ3n) is 3.13. The standard InChI is InChI=1S/C15H23F2N3.HI/c1-4-5-11-20(3)15(18-2)19-10-9-12-7-6-8-13(16)14(12)17;/h6-8H,4-5,9-11H2,1-3H3,(H,18,19);1H. The molecule has 0 atom stereocenters. The van der Waals surface area contributed by atoms with Gasteiger partial charge in [-0.1, -0.05) is 25.5 Å². The molecule has 3 nitrogen and oxygen atoms in total. The summed E-state index contributed by atoms with van der Waals surface area (Å²) in [4.78, 5) is 6.21. The van der Waals surface area contributed by atoms with Gasteiger partial charge in [0.05, 0.1) is 0 Å². The lowest BCUT2D eigenvalue weighted by Crippen LogP contribution is -2.40. The van der Waals surface area contributed by atoms with Gasteiger partial charge in [0.25, 0.3) is 0 Å². The minimum atomic E-state index is -0.799. The van der Waals surface area contributed by atoms with Crippen LogP contribution in [0, 0.1) is 11.6 Å². The molecule has 0 aliphatic heterocycles. The molecule has 0 amide bonds. The zero-order valence-corrected chi connectivity index (χ0v) is 15.2. The van der Waals surface area contributed by atoms with E-state index in [1.807, 2.05) is 11.9 Å². The number of nitrogens with zero attached hydrogens (tertiary/aromatic N) is 2. The summed E-state index contributed by atoms with van der Waals surface area (Å²) in [5, 5.41) is 3.16. The molecule has 0 spiro atoms. The summed E-state index contributed by atoms with van der Waals surface area (Å²) in [6, 6.07) is 4.25. The van der Waals surface area contributed by atoms with Crippen molar-refractivity contribution in [1.29, 1.82) is 0 Å². The summed E-state index contributed by atoms with van der Waals surface area (Å²) in [6.45, 7) is 3.57. The molecule has 0 heterocycles. The van der Waals surface area contributed by atoms with Gasteiger partial charge in [0, 0.05) is 27.2 Å². The van der Waals surface area contributed by atoms with Crippen LogP contribution in [0.25, 0.3) is 0 Å². The Morgan fingerprint density at radius 1 is 1.33 bits per heavy atom. The molecule has 1 rings (SSSR count). The summed E-state index contributed by atoms with van der Waals surface area (Å²) in [5.41, 5.74) is 0.379. The molecule has 6 heteroatoms. The number of halogens is 3. The first-order valence-corrected chi connectivity index (χ1v) is 6.94. The topological polar surface area (TPSA) is 27.6 Å². The molecule has 0 unspecified atom stereocenters. The van der Waals surface area contributed by atoms with E-state index in [1.54, 1.807) is 13.1 Å². The molecule has 1 aromatic rings. The number of aliphatic imine (C=N–C) groups is 1. The number of hydrogen-bond acceptors (Lipinski definition) is 1. The van der Waals surface area contributed by atoms with Crippen LogP contribution in [0.5, 0.6) is 0 Å². The summed E-state index contributed by atoms with van der Waals surface area (Å²) in [7, 11) is 3.68. The molecule has 0 aliphatic carbocycles. The zero-order valence-electron chi connectivity index (χ0n) is 12.8. The van der Waals surface area contributed by atoms with Crippen molar-refractivity contribution in [3.8, 4) is 0 Å². The van der Waals surface area contributed by atoms with E-state index >= 15 is 0 Å². The van der Waals surface area contributed by atoms with E-state index < -0.39 is 11.6 Å². The highest BCUT2D eigenvalue weighted by Crippen LogP contribution is 2.11. The largest absolute Gasteiger partial charge is 0.356 e. The van der Waals surface area contributed by atoms with Crippen molar-refractivity contribution in [2.45, 2.75) is 26.2 Å². The minimum Gasteiger partial charge on any atom is -0.356 e. The van der Waals surface area contributed by atoms with Gasteiger partial charge < -0.3 is 10.2 Å². The highest BCUT2D eigenvalue weighted by Gasteiger charge is 2.08.